The Morgan fingerprint density at radius 1 is 1.53 bits per heavy atom. The molecule has 1 atom stereocenters. The van der Waals surface area contributed by atoms with Gasteiger partial charge >= 0.3 is 0 Å². The van der Waals surface area contributed by atoms with Crippen molar-refractivity contribution < 1.29 is 0 Å². The van der Waals surface area contributed by atoms with Crippen LogP contribution in [0.5, 0.6) is 0 Å². The molecule has 0 aliphatic carbocycles. The molecule has 0 radical (unpaired) electrons. The van der Waals surface area contributed by atoms with Crippen molar-refractivity contribution >= 4 is 22.0 Å². The third kappa shape index (κ3) is 4.25. The largest absolute Gasteiger partial charge is 0.314 e. The number of pyridine rings is 1. The molecule has 2 heterocycles. The van der Waals surface area contributed by atoms with Crippen LogP contribution in [-0.2, 0) is 0 Å². The van der Waals surface area contributed by atoms with E-state index in [2.05, 4.69) is 39.2 Å². The highest BCUT2D eigenvalue weighted by Gasteiger charge is 2.12. The lowest BCUT2D eigenvalue weighted by molar-refractivity contribution is 0.399. The van der Waals surface area contributed by atoms with Crippen molar-refractivity contribution in [1.82, 2.24) is 10.3 Å². The Balaban J connectivity index is 1.93. The van der Waals surface area contributed by atoms with Crippen molar-refractivity contribution in [3.63, 3.8) is 0 Å². The zero-order chi connectivity index (χ0) is 12.1. The molecule has 1 saturated heterocycles. The Bertz CT molecular complexity index is 378. The second kappa shape index (κ2) is 6.31. The van der Waals surface area contributed by atoms with Crippen LogP contribution in [-0.4, -0.2) is 17.6 Å². The van der Waals surface area contributed by atoms with Gasteiger partial charge in [-0.2, -0.15) is 0 Å². The predicted octanol–water partition coefficient (Wildman–Crippen LogP) is 3.78. The van der Waals surface area contributed by atoms with Crippen LogP contribution >= 0.6 is 15.9 Å². The predicted molar refractivity (Wildman–Crippen MR) is 75.8 cm³/mol. The fourth-order valence-electron chi connectivity index (χ4n) is 2.27. The van der Waals surface area contributed by atoms with Crippen molar-refractivity contribution in [1.29, 1.82) is 0 Å². The number of piperidine rings is 1. The van der Waals surface area contributed by atoms with E-state index in [1.165, 1.54) is 31.4 Å². The molecule has 1 aliphatic heterocycles. The molecule has 1 fully saturated rings. The first-order valence-corrected chi connectivity index (χ1v) is 7.05. The van der Waals surface area contributed by atoms with Crippen LogP contribution in [0.2, 0.25) is 0 Å². The van der Waals surface area contributed by atoms with Crippen molar-refractivity contribution in [3.8, 4) is 0 Å². The van der Waals surface area contributed by atoms with Crippen molar-refractivity contribution in [2.75, 3.05) is 6.54 Å². The molecule has 1 aliphatic rings. The van der Waals surface area contributed by atoms with E-state index in [0.29, 0.717) is 6.04 Å². The third-order valence-corrected chi connectivity index (χ3v) is 3.59. The summed E-state index contributed by atoms with van der Waals surface area (Å²) in [6.45, 7) is 3.37. The SMILES string of the molecule is C/C(=C/c1ccc(Br)cn1)CC1CCCCN1. The molecule has 1 aromatic heterocycles. The fourth-order valence-corrected chi connectivity index (χ4v) is 2.51. The maximum Gasteiger partial charge on any atom is 0.0629 e. The van der Waals surface area contributed by atoms with Crippen LogP contribution < -0.4 is 5.32 Å². The minimum absolute atomic E-state index is 0.662. The number of hydrogen-bond donors (Lipinski definition) is 1. The first-order chi connectivity index (χ1) is 8.24. The first-order valence-electron chi connectivity index (χ1n) is 6.26. The van der Waals surface area contributed by atoms with E-state index in [9.17, 15) is 0 Å². The van der Waals surface area contributed by atoms with E-state index < -0.39 is 0 Å². The van der Waals surface area contributed by atoms with Gasteiger partial charge in [-0.05, 0) is 66.9 Å². The molecule has 3 heteroatoms. The molecule has 2 rings (SSSR count). The molecule has 0 bridgehead atoms. The van der Waals surface area contributed by atoms with Crippen LogP contribution in [0, 0.1) is 0 Å². The van der Waals surface area contributed by atoms with Crippen LogP contribution in [0.3, 0.4) is 0 Å². The summed E-state index contributed by atoms with van der Waals surface area (Å²) in [5.41, 5.74) is 2.45. The lowest BCUT2D eigenvalue weighted by atomic mass is 9.98. The number of nitrogens with one attached hydrogen (secondary N) is 1. The Morgan fingerprint density at radius 3 is 3.06 bits per heavy atom. The maximum atomic E-state index is 4.37. The average Bonchev–Trinajstić information content (AvgIpc) is 2.33. The highest BCUT2D eigenvalue weighted by atomic mass is 79.9. The van der Waals surface area contributed by atoms with Gasteiger partial charge in [0.25, 0.3) is 0 Å². The summed E-state index contributed by atoms with van der Waals surface area (Å²) in [4.78, 5) is 4.37. The van der Waals surface area contributed by atoms with Gasteiger partial charge in [-0.1, -0.05) is 12.0 Å². The zero-order valence-corrected chi connectivity index (χ0v) is 11.8. The van der Waals surface area contributed by atoms with Gasteiger partial charge in [-0.25, -0.2) is 0 Å². The smallest absolute Gasteiger partial charge is 0.0629 e. The van der Waals surface area contributed by atoms with Gasteiger partial charge < -0.3 is 5.32 Å². The Labute approximate surface area is 112 Å². The summed E-state index contributed by atoms with van der Waals surface area (Å²) in [5, 5.41) is 3.58. The molecule has 92 valence electrons. The first kappa shape index (κ1) is 12.8. The molecular weight excluding hydrogens is 276 g/mol. The fraction of sp³-hybridized carbons (Fsp3) is 0.500. The molecule has 1 aromatic rings. The van der Waals surface area contributed by atoms with Gasteiger partial charge in [0.2, 0.25) is 0 Å². The number of halogens is 1. The highest BCUT2D eigenvalue weighted by Crippen LogP contribution is 2.17. The molecule has 0 saturated carbocycles. The van der Waals surface area contributed by atoms with Crippen LogP contribution in [0.15, 0.2) is 28.4 Å². The standard InChI is InChI=1S/C14H19BrN2/c1-11(8-13-4-2-3-7-16-13)9-14-6-5-12(15)10-17-14/h5-6,9-10,13,16H,2-4,7-8H2,1H3/b11-9-. The summed E-state index contributed by atoms with van der Waals surface area (Å²) in [7, 11) is 0. The minimum Gasteiger partial charge on any atom is -0.314 e. The van der Waals surface area contributed by atoms with Gasteiger partial charge in [0.15, 0.2) is 0 Å². The lowest BCUT2D eigenvalue weighted by Crippen LogP contribution is -2.33. The van der Waals surface area contributed by atoms with E-state index in [1.54, 1.807) is 0 Å². The maximum absolute atomic E-state index is 4.37. The number of rotatable bonds is 3. The molecule has 17 heavy (non-hydrogen) atoms. The molecule has 0 aromatic carbocycles. The summed E-state index contributed by atoms with van der Waals surface area (Å²) in [6, 6.07) is 4.74. The van der Waals surface area contributed by atoms with Gasteiger partial charge in [0.05, 0.1) is 5.69 Å². The van der Waals surface area contributed by atoms with Gasteiger partial charge in [0.1, 0.15) is 0 Å². The Kier molecular flexibility index (Phi) is 4.75. The normalized spacial score (nSPS) is 21.5. The third-order valence-electron chi connectivity index (χ3n) is 3.13. The van der Waals surface area contributed by atoms with E-state index in [-0.39, 0.29) is 0 Å². The second-order valence-electron chi connectivity index (χ2n) is 4.74. The Morgan fingerprint density at radius 2 is 2.41 bits per heavy atom. The molecule has 2 nitrogen and oxygen atoms in total. The summed E-state index contributed by atoms with van der Waals surface area (Å²) in [5.74, 6) is 0. The van der Waals surface area contributed by atoms with Crippen molar-refractivity contribution in [3.05, 3.63) is 34.1 Å². The molecule has 1 N–H and O–H groups in total. The molecule has 0 spiro atoms. The number of nitrogens with zero attached hydrogens (tertiary/aromatic N) is 1. The highest BCUT2D eigenvalue weighted by molar-refractivity contribution is 9.10. The summed E-state index contributed by atoms with van der Waals surface area (Å²) < 4.78 is 1.03. The van der Waals surface area contributed by atoms with Crippen molar-refractivity contribution in [2.24, 2.45) is 0 Å². The van der Waals surface area contributed by atoms with Gasteiger partial charge in [-0.15, -0.1) is 0 Å². The summed E-state index contributed by atoms with van der Waals surface area (Å²) in [6.07, 6.45) is 9.16. The molecule has 1 unspecified atom stereocenters. The van der Waals surface area contributed by atoms with Crippen LogP contribution in [0.25, 0.3) is 6.08 Å². The average molecular weight is 295 g/mol. The molecule has 0 amide bonds. The zero-order valence-electron chi connectivity index (χ0n) is 10.2. The number of aromatic nitrogens is 1. The lowest BCUT2D eigenvalue weighted by Gasteiger charge is -2.23. The Hall–Kier alpha value is -0.670. The van der Waals surface area contributed by atoms with Crippen molar-refractivity contribution in [2.45, 2.75) is 38.6 Å². The second-order valence-corrected chi connectivity index (χ2v) is 5.66. The van der Waals surface area contributed by atoms with E-state index in [1.807, 2.05) is 18.3 Å². The van der Waals surface area contributed by atoms with E-state index in [4.69, 9.17) is 0 Å². The van der Waals surface area contributed by atoms with Gasteiger partial charge in [-0.3, -0.25) is 4.98 Å². The van der Waals surface area contributed by atoms with E-state index in [0.717, 1.165) is 16.6 Å². The van der Waals surface area contributed by atoms with Crippen LogP contribution in [0.4, 0.5) is 0 Å². The quantitative estimate of drug-likeness (QED) is 0.918. The minimum atomic E-state index is 0.662. The number of hydrogen-bond acceptors (Lipinski definition) is 2. The molecular formula is C14H19BrN2. The summed E-state index contributed by atoms with van der Waals surface area (Å²) >= 11 is 3.40. The van der Waals surface area contributed by atoms with Gasteiger partial charge in [0, 0.05) is 16.7 Å². The topological polar surface area (TPSA) is 24.9 Å². The monoisotopic (exact) mass is 294 g/mol. The van der Waals surface area contributed by atoms with Crippen LogP contribution in [0.1, 0.15) is 38.3 Å². The van der Waals surface area contributed by atoms with E-state index >= 15 is 0 Å².